The molecule has 3 rings (SSSR count). The van der Waals surface area contributed by atoms with Crippen LogP contribution in [0.2, 0.25) is 0 Å². The molecule has 2 atom stereocenters. The number of benzene rings is 2. The summed E-state index contributed by atoms with van der Waals surface area (Å²) in [6.07, 6.45) is 1.27. The van der Waals surface area contributed by atoms with Gasteiger partial charge in [0.15, 0.2) is 0 Å². The standard InChI is InChI=1S/C16H17N/c17-11-15-10-16(15)14-8-6-13(7-9-14)12-4-2-1-3-5-12/h1-9,15-16H,10-11,17H2. The zero-order chi connectivity index (χ0) is 11.7. The van der Waals surface area contributed by atoms with E-state index in [0.717, 1.165) is 12.5 Å². The van der Waals surface area contributed by atoms with Gasteiger partial charge in [-0.1, -0.05) is 54.6 Å². The monoisotopic (exact) mass is 223 g/mol. The van der Waals surface area contributed by atoms with Crippen molar-refractivity contribution in [2.75, 3.05) is 6.54 Å². The van der Waals surface area contributed by atoms with Crippen molar-refractivity contribution in [2.24, 2.45) is 11.7 Å². The third kappa shape index (κ3) is 2.11. The minimum atomic E-state index is 0.713. The maximum Gasteiger partial charge on any atom is -0.00428 e. The fourth-order valence-corrected chi connectivity index (χ4v) is 2.47. The summed E-state index contributed by atoms with van der Waals surface area (Å²) in [5.41, 5.74) is 9.70. The SMILES string of the molecule is NCC1CC1c1ccc(-c2ccccc2)cc1. The normalized spacial score (nSPS) is 22.4. The Hall–Kier alpha value is -1.60. The lowest BCUT2D eigenvalue weighted by molar-refractivity contribution is 0.810. The molecular formula is C16H17N. The van der Waals surface area contributed by atoms with Crippen LogP contribution >= 0.6 is 0 Å². The van der Waals surface area contributed by atoms with E-state index >= 15 is 0 Å². The maximum absolute atomic E-state index is 5.68. The molecule has 2 aromatic carbocycles. The zero-order valence-corrected chi connectivity index (χ0v) is 9.84. The quantitative estimate of drug-likeness (QED) is 0.847. The van der Waals surface area contributed by atoms with E-state index in [1.54, 1.807) is 0 Å². The lowest BCUT2D eigenvalue weighted by Gasteiger charge is -2.04. The highest BCUT2D eigenvalue weighted by molar-refractivity contribution is 5.63. The molecule has 2 unspecified atom stereocenters. The van der Waals surface area contributed by atoms with E-state index in [1.807, 2.05) is 6.07 Å². The predicted molar refractivity (Wildman–Crippen MR) is 71.8 cm³/mol. The molecule has 0 heterocycles. The Morgan fingerprint density at radius 3 is 2.12 bits per heavy atom. The summed E-state index contributed by atoms with van der Waals surface area (Å²) in [7, 11) is 0. The van der Waals surface area contributed by atoms with Crippen LogP contribution in [0.3, 0.4) is 0 Å². The molecule has 1 aliphatic carbocycles. The topological polar surface area (TPSA) is 26.0 Å². The Bertz CT molecular complexity index is 487. The van der Waals surface area contributed by atoms with E-state index in [1.165, 1.54) is 23.1 Å². The fraction of sp³-hybridized carbons (Fsp3) is 0.250. The minimum absolute atomic E-state index is 0.713. The second-order valence-corrected chi connectivity index (χ2v) is 4.83. The van der Waals surface area contributed by atoms with Crippen molar-refractivity contribution >= 4 is 0 Å². The van der Waals surface area contributed by atoms with Crippen LogP contribution in [0.1, 0.15) is 17.9 Å². The molecule has 17 heavy (non-hydrogen) atoms. The molecule has 0 amide bonds. The molecule has 2 N–H and O–H groups in total. The maximum atomic E-state index is 5.68. The first-order chi connectivity index (χ1) is 8.38. The van der Waals surface area contributed by atoms with Crippen molar-refractivity contribution < 1.29 is 0 Å². The summed E-state index contributed by atoms with van der Waals surface area (Å²) in [6, 6.07) is 19.4. The average Bonchev–Trinajstić information content (AvgIpc) is 3.19. The Kier molecular flexibility index (Phi) is 2.69. The number of hydrogen-bond donors (Lipinski definition) is 1. The average molecular weight is 223 g/mol. The van der Waals surface area contributed by atoms with Crippen LogP contribution in [-0.2, 0) is 0 Å². The molecule has 1 nitrogen and oxygen atoms in total. The van der Waals surface area contributed by atoms with Crippen molar-refractivity contribution in [1.82, 2.24) is 0 Å². The smallest absolute Gasteiger partial charge is 0.00428 e. The largest absolute Gasteiger partial charge is 0.330 e. The Labute approximate surface area is 102 Å². The first-order valence-electron chi connectivity index (χ1n) is 6.24. The second kappa shape index (κ2) is 4.34. The lowest BCUT2D eigenvalue weighted by Crippen LogP contribution is -2.01. The predicted octanol–water partition coefficient (Wildman–Crippen LogP) is 3.42. The van der Waals surface area contributed by atoms with E-state index in [0.29, 0.717) is 5.92 Å². The molecule has 0 aliphatic heterocycles. The van der Waals surface area contributed by atoms with Gasteiger partial charge in [0.25, 0.3) is 0 Å². The van der Waals surface area contributed by atoms with E-state index in [9.17, 15) is 0 Å². The molecule has 1 aliphatic rings. The summed E-state index contributed by atoms with van der Waals surface area (Å²) >= 11 is 0. The van der Waals surface area contributed by atoms with Gasteiger partial charge < -0.3 is 5.73 Å². The molecule has 86 valence electrons. The van der Waals surface area contributed by atoms with Gasteiger partial charge in [-0.05, 0) is 41.5 Å². The van der Waals surface area contributed by atoms with Crippen LogP contribution < -0.4 is 5.73 Å². The summed E-state index contributed by atoms with van der Waals surface area (Å²) in [5.74, 6) is 1.43. The second-order valence-electron chi connectivity index (χ2n) is 4.83. The molecule has 1 saturated carbocycles. The van der Waals surface area contributed by atoms with E-state index in [2.05, 4.69) is 48.5 Å². The van der Waals surface area contributed by atoms with Gasteiger partial charge in [0.1, 0.15) is 0 Å². The van der Waals surface area contributed by atoms with Crippen molar-refractivity contribution in [2.45, 2.75) is 12.3 Å². The molecule has 0 saturated heterocycles. The first kappa shape index (κ1) is 10.5. The molecule has 2 aromatic rings. The molecule has 0 spiro atoms. The van der Waals surface area contributed by atoms with E-state index in [-0.39, 0.29) is 0 Å². The van der Waals surface area contributed by atoms with Gasteiger partial charge in [-0.15, -0.1) is 0 Å². The number of hydrogen-bond acceptors (Lipinski definition) is 1. The Morgan fingerprint density at radius 2 is 1.53 bits per heavy atom. The van der Waals surface area contributed by atoms with Crippen LogP contribution in [0, 0.1) is 5.92 Å². The van der Waals surface area contributed by atoms with E-state index in [4.69, 9.17) is 5.73 Å². The Morgan fingerprint density at radius 1 is 0.882 bits per heavy atom. The molecule has 1 heteroatoms. The Balaban J connectivity index is 1.82. The first-order valence-corrected chi connectivity index (χ1v) is 6.24. The summed E-state index contributed by atoms with van der Waals surface area (Å²) in [5, 5.41) is 0. The van der Waals surface area contributed by atoms with Gasteiger partial charge in [-0.3, -0.25) is 0 Å². The summed E-state index contributed by atoms with van der Waals surface area (Å²) < 4.78 is 0. The van der Waals surface area contributed by atoms with Crippen LogP contribution in [0.25, 0.3) is 11.1 Å². The van der Waals surface area contributed by atoms with Crippen molar-refractivity contribution in [1.29, 1.82) is 0 Å². The molecular weight excluding hydrogens is 206 g/mol. The summed E-state index contributed by atoms with van der Waals surface area (Å²) in [4.78, 5) is 0. The van der Waals surface area contributed by atoms with Gasteiger partial charge >= 0.3 is 0 Å². The minimum Gasteiger partial charge on any atom is -0.330 e. The molecule has 0 radical (unpaired) electrons. The number of rotatable bonds is 3. The third-order valence-electron chi connectivity index (χ3n) is 3.67. The van der Waals surface area contributed by atoms with Crippen molar-refractivity contribution in [3.8, 4) is 11.1 Å². The highest BCUT2D eigenvalue weighted by Gasteiger charge is 2.36. The van der Waals surface area contributed by atoms with Crippen LogP contribution in [0.4, 0.5) is 0 Å². The molecule has 1 fully saturated rings. The van der Waals surface area contributed by atoms with Gasteiger partial charge in [-0.2, -0.15) is 0 Å². The fourth-order valence-electron chi connectivity index (χ4n) is 2.47. The van der Waals surface area contributed by atoms with Crippen molar-refractivity contribution in [3.63, 3.8) is 0 Å². The van der Waals surface area contributed by atoms with Crippen LogP contribution in [-0.4, -0.2) is 6.54 Å². The number of nitrogens with two attached hydrogens (primary N) is 1. The van der Waals surface area contributed by atoms with Gasteiger partial charge in [-0.25, -0.2) is 0 Å². The highest BCUT2D eigenvalue weighted by Crippen LogP contribution is 2.46. The van der Waals surface area contributed by atoms with Crippen molar-refractivity contribution in [3.05, 3.63) is 60.2 Å². The molecule has 0 aromatic heterocycles. The molecule has 0 bridgehead atoms. The lowest BCUT2D eigenvalue weighted by atomic mass is 10.0. The summed E-state index contributed by atoms with van der Waals surface area (Å²) in [6.45, 7) is 0.825. The zero-order valence-electron chi connectivity index (χ0n) is 9.84. The van der Waals surface area contributed by atoms with Crippen LogP contribution in [0.15, 0.2) is 54.6 Å². The van der Waals surface area contributed by atoms with Gasteiger partial charge in [0.2, 0.25) is 0 Å². The van der Waals surface area contributed by atoms with Crippen LogP contribution in [0.5, 0.6) is 0 Å². The van der Waals surface area contributed by atoms with Gasteiger partial charge in [0.05, 0.1) is 0 Å². The third-order valence-corrected chi connectivity index (χ3v) is 3.67. The van der Waals surface area contributed by atoms with Gasteiger partial charge in [0, 0.05) is 0 Å². The van der Waals surface area contributed by atoms with E-state index < -0.39 is 0 Å². The highest BCUT2D eigenvalue weighted by atomic mass is 14.6.